The van der Waals surface area contributed by atoms with E-state index in [4.69, 9.17) is 37.2 Å². The van der Waals surface area contributed by atoms with E-state index in [1.165, 1.54) is 68.3 Å². The van der Waals surface area contributed by atoms with Crippen molar-refractivity contribution < 1.29 is 39.3 Å². The van der Waals surface area contributed by atoms with Gasteiger partial charge < -0.3 is 14.0 Å². The quantitative estimate of drug-likeness (QED) is 0.0650. The van der Waals surface area contributed by atoms with Crippen molar-refractivity contribution in [2.75, 3.05) is 0 Å². The molecule has 0 spiro atoms. The van der Waals surface area contributed by atoms with E-state index in [0.717, 1.165) is 54.0 Å². The normalized spacial score (nSPS) is 12.2. The van der Waals surface area contributed by atoms with Crippen LogP contribution in [0.3, 0.4) is 0 Å². The Labute approximate surface area is 791 Å². The average Bonchev–Trinajstić information content (AvgIpc) is 1.63. The Kier molecular flexibility index (Phi) is 35.7. The van der Waals surface area contributed by atoms with Crippen molar-refractivity contribution in [1.82, 2.24) is 29.9 Å². The second-order valence-electron chi connectivity index (χ2n) is 31.5. The van der Waals surface area contributed by atoms with Crippen LogP contribution in [0.1, 0.15) is 59.6 Å². The molecule has 5 heterocycles. The number of fused-ring (bicyclic) bond motifs is 2. The van der Waals surface area contributed by atoms with E-state index in [-0.39, 0.29) is 31.6 Å². The Balaban J connectivity index is 0.000000135. The zero-order chi connectivity index (χ0) is 89.0. The minimum absolute atomic E-state index is 0. The summed E-state index contributed by atoms with van der Waals surface area (Å²) in [6.45, 7) is 17.5. The molecule has 0 radical (unpaired) electrons. The largest absolute Gasteiger partial charge is 0.498 e. The molecule has 0 atom stereocenters. The molecule has 14 aromatic carbocycles. The van der Waals surface area contributed by atoms with E-state index < -0.39 is 50.5 Å². The number of carbonyl (C=O) groups is 1. The number of aromatic nitrogens is 6. The van der Waals surface area contributed by atoms with Crippen LogP contribution in [0, 0.1) is 13.8 Å². The summed E-state index contributed by atoms with van der Waals surface area (Å²) in [5.41, 5.74) is 5.53. The first-order chi connectivity index (χ1) is 61.7. The summed E-state index contributed by atoms with van der Waals surface area (Å²) >= 11 is 15.5. The van der Waals surface area contributed by atoms with Crippen molar-refractivity contribution in [3.8, 4) is 11.1 Å². The number of aromatic amines is 1. The van der Waals surface area contributed by atoms with Gasteiger partial charge in [0.1, 0.15) is 15.9 Å². The van der Waals surface area contributed by atoms with Crippen LogP contribution < -0.4 is 69.1 Å². The Morgan fingerprint density at radius 2 is 0.688 bits per heavy atom. The molecular formula is C109H100BBrCl2N6O4P4Pd. The molecule has 1 N–H and O–H groups in total. The van der Waals surface area contributed by atoms with E-state index in [1.54, 1.807) is 18.6 Å². The number of rotatable bonds is 14. The number of H-pyrrole nitrogens is 1. The van der Waals surface area contributed by atoms with Gasteiger partial charge in [0.2, 0.25) is 0 Å². The van der Waals surface area contributed by atoms with E-state index in [9.17, 15) is 4.79 Å². The van der Waals surface area contributed by atoms with Crippen LogP contribution in [0.15, 0.2) is 442 Å². The first-order valence-corrected chi connectivity index (χ1v) is 48.8. The number of benzene rings is 14. The fourth-order valence-electron chi connectivity index (χ4n) is 14.0. The fraction of sp³-hybridized carbons (Fsp3) is 0.110. The molecule has 10 nitrogen and oxygen atoms in total. The van der Waals surface area contributed by atoms with Gasteiger partial charge in [0.05, 0.1) is 34.6 Å². The zero-order valence-corrected chi connectivity index (χ0v) is 81.0. The fourth-order valence-corrected chi connectivity index (χ4v) is 24.3. The summed E-state index contributed by atoms with van der Waals surface area (Å²) in [6, 6.07) is 145. The van der Waals surface area contributed by atoms with Crippen molar-refractivity contribution >= 4 is 175 Å². The number of halogens is 3. The van der Waals surface area contributed by atoms with Gasteiger partial charge in [-0.2, -0.15) is 14.9 Å². The summed E-state index contributed by atoms with van der Waals surface area (Å²) in [6.07, 6.45) is 6.36. The number of pyridine rings is 2. The Bertz CT molecular complexity index is 5540. The number of nitrogens with zero attached hydrogens (tertiary/aromatic N) is 5. The third-order valence-electron chi connectivity index (χ3n) is 20.7. The monoisotopic (exact) mass is 1950 g/mol. The zero-order valence-electron chi connectivity index (χ0n) is 72.8. The maximum atomic E-state index is 12.0. The number of hydrogen-bond donors (Lipinski definition) is 1. The maximum Gasteiger partial charge on any atom is 0.498 e. The summed E-state index contributed by atoms with van der Waals surface area (Å²) in [5.74, 6) is 0. The van der Waals surface area contributed by atoms with Crippen LogP contribution in [0.5, 0.6) is 0 Å². The molecule has 1 aliphatic rings. The Morgan fingerprint density at radius 3 is 0.977 bits per heavy atom. The predicted molar refractivity (Wildman–Crippen MR) is 548 cm³/mol. The van der Waals surface area contributed by atoms with Gasteiger partial charge in [0.25, 0.3) is 0 Å². The van der Waals surface area contributed by atoms with Crippen molar-refractivity contribution in [3.05, 3.63) is 463 Å². The van der Waals surface area contributed by atoms with E-state index in [2.05, 4.69) is 417 Å². The van der Waals surface area contributed by atoms with Crippen molar-refractivity contribution in [1.29, 1.82) is 0 Å². The number of ether oxygens (including phenoxy) is 1. The number of hydrogen-bond acceptors (Lipinski definition) is 8. The minimum atomic E-state index is -0.529. The van der Waals surface area contributed by atoms with Crippen LogP contribution >= 0.6 is 70.8 Å². The van der Waals surface area contributed by atoms with E-state index in [0.29, 0.717) is 10.3 Å². The van der Waals surface area contributed by atoms with Gasteiger partial charge >= 0.3 is 13.2 Å². The first kappa shape index (κ1) is 96.3. The third kappa shape index (κ3) is 26.5. The van der Waals surface area contributed by atoms with Gasteiger partial charge in [-0.05, 0) is 217 Å². The SMILES string of the molecule is CC1(C)OB(c2cccnc2Cl)OC1(C)C.Cc1cc(-c2cccnc2Cl)cc2cn[nH]c12.Cc1cc(Br)cc2cnn(C(=O)OC(C)(C)C)c12.[Pd].c1ccc(P(c2ccccc2)c2ccccc2)cc1.c1ccc(P(c2ccccc2)c2ccccc2)cc1.c1ccc(P(c2ccccc2)c2ccccc2)cc1.c1ccc(P(c2ccccc2)c2ccccc2)cc1. The molecule has 0 aliphatic carbocycles. The van der Waals surface area contributed by atoms with Crippen LogP contribution in [-0.2, 0) is 34.5 Å². The van der Waals surface area contributed by atoms with Crippen LogP contribution in [0.25, 0.3) is 32.9 Å². The van der Waals surface area contributed by atoms with Gasteiger partial charge in [-0.3, -0.25) is 5.10 Å². The molecule has 128 heavy (non-hydrogen) atoms. The molecule has 0 unspecified atom stereocenters. The van der Waals surface area contributed by atoms with Gasteiger partial charge in [0, 0.05) is 59.1 Å². The average molecular weight is 1950 g/mol. The van der Waals surface area contributed by atoms with Crippen molar-refractivity contribution in [2.24, 2.45) is 0 Å². The summed E-state index contributed by atoms with van der Waals surface area (Å²) in [4.78, 5) is 20.2. The van der Waals surface area contributed by atoms with E-state index in [1.807, 2.05) is 105 Å². The minimum Gasteiger partial charge on any atom is -0.442 e. The Hall–Kier alpha value is -10.8. The molecule has 0 amide bonds. The molecule has 4 aromatic heterocycles. The van der Waals surface area contributed by atoms with Crippen molar-refractivity contribution in [2.45, 2.75) is 79.1 Å². The third-order valence-corrected chi connectivity index (χ3v) is 31.5. The second-order valence-corrected chi connectivity index (χ2v) is 42.0. The first-order valence-electron chi connectivity index (χ1n) is 41.9. The summed E-state index contributed by atoms with van der Waals surface area (Å²) in [7, 11) is -2.22. The molecule has 644 valence electrons. The molecule has 19 rings (SSSR count). The van der Waals surface area contributed by atoms with Crippen LogP contribution in [0.4, 0.5) is 4.79 Å². The predicted octanol–water partition coefficient (Wildman–Crippen LogP) is 23.3. The summed E-state index contributed by atoms with van der Waals surface area (Å²) < 4.78 is 19.4. The van der Waals surface area contributed by atoms with Crippen molar-refractivity contribution in [3.63, 3.8) is 0 Å². The molecule has 1 fully saturated rings. The number of carbonyl (C=O) groups excluding carboxylic acids is 1. The molecule has 1 saturated heterocycles. The molecular weight excluding hydrogens is 1850 g/mol. The Morgan fingerprint density at radius 1 is 0.391 bits per heavy atom. The maximum absolute atomic E-state index is 12.0. The molecule has 19 heteroatoms. The smallest absolute Gasteiger partial charge is 0.442 e. The van der Waals surface area contributed by atoms with Gasteiger partial charge in [-0.25, -0.2) is 14.8 Å². The van der Waals surface area contributed by atoms with Gasteiger partial charge in [0.15, 0.2) is 0 Å². The number of nitrogens with one attached hydrogen (secondary N) is 1. The molecule has 0 saturated carbocycles. The standard InChI is InChI=1S/4C18H15P.C13H15BrN2O2.C13H10ClN3.C11H15BClNO2.Pd/c4*1-4-10-16(11-5-1)19(17-12-6-2-7-13-17)18-14-8-3-9-15-18;1-8-5-10(14)6-9-7-15-16(11(8)9)12(17)18-13(2,3)4;1-8-5-9(6-10-7-16-17-12(8)10)11-3-2-4-15-13(11)14;1-10(2)11(3,4)16-12(15-10)8-6-5-7-14-9(8)13;/h4*1-15H;5-7H,1-4H3;2-7H,1H3,(H,16,17);5-7H,1-4H3;. The molecule has 1 aliphatic heterocycles. The van der Waals surface area contributed by atoms with Crippen LogP contribution in [0.2, 0.25) is 10.3 Å². The summed E-state index contributed by atoms with van der Waals surface area (Å²) in [5, 5.41) is 30.9. The van der Waals surface area contributed by atoms with Gasteiger partial charge in [-0.15, -0.1) is 0 Å². The van der Waals surface area contributed by atoms with E-state index >= 15 is 0 Å². The molecule has 0 bridgehead atoms. The van der Waals surface area contributed by atoms with Gasteiger partial charge in [-0.1, -0.05) is 409 Å². The topological polar surface area (TPSA) is 117 Å². The second kappa shape index (κ2) is 47.5. The van der Waals surface area contributed by atoms with Crippen LogP contribution in [-0.4, -0.2) is 60.0 Å². The molecule has 18 aromatic rings. The number of aryl methyl sites for hydroxylation is 2.